The Morgan fingerprint density at radius 1 is 0.213 bits per heavy atom. The molecule has 0 spiro atoms. The van der Waals surface area contributed by atoms with Gasteiger partial charge in [-0.1, -0.05) is 188 Å². The number of para-hydroxylation sites is 6. The molecule has 0 saturated carbocycles. The fraction of sp³-hybridized carbons (Fsp3) is 0.0120. The summed E-state index contributed by atoms with van der Waals surface area (Å²) in [6, 6.07) is 112. The number of fused-ring (bicyclic) bond motifs is 12. The van der Waals surface area contributed by atoms with Crippen molar-refractivity contribution in [3.05, 3.63) is 315 Å². The maximum Gasteiger partial charge on any atom is 0.235 e. The first-order chi connectivity index (χ1) is 44.0. The highest BCUT2D eigenvalue weighted by Gasteiger charge is 2.22. The van der Waals surface area contributed by atoms with E-state index in [9.17, 15) is 0 Å². The zero-order chi connectivity index (χ0) is 58.7. The summed E-state index contributed by atoms with van der Waals surface area (Å²) in [5.41, 5.74) is 24.3. The van der Waals surface area contributed by atoms with E-state index >= 15 is 0 Å². The molecular weight excluding hydrogens is 1080 g/mol. The van der Waals surface area contributed by atoms with Gasteiger partial charge in [-0.2, -0.15) is 0 Å². The van der Waals surface area contributed by atoms with Gasteiger partial charge in [-0.3, -0.25) is 4.57 Å². The molecule has 0 amide bonds. The van der Waals surface area contributed by atoms with Gasteiger partial charge in [0.2, 0.25) is 5.95 Å². The van der Waals surface area contributed by atoms with Crippen LogP contribution in [0.4, 0.5) is 0 Å². The highest BCUT2D eigenvalue weighted by molar-refractivity contribution is 6.15. The minimum absolute atomic E-state index is 0.602. The number of aromatic nitrogens is 6. The van der Waals surface area contributed by atoms with Crippen LogP contribution in [0.2, 0.25) is 0 Å². The van der Waals surface area contributed by atoms with Gasteiger partial charge < -0.3 is 13.7 Å². The van der Waals surface area contributed by atoms with Crippen LogP contribution < -0.4 is 0 Å². The number of rotatable bonds is 9. The van der Waals surface area contributed by atoms with Crippen LogP contribution >= 0.6 is 0 Å². The smallest absolute Gasteiger partial charge is 0.235 e. The molecule has 5 heterocycles. The maximum absolute atomic E-state index is 5.63. The van der Waals surface area contributed by atoms with Crippen molar-refractivity contribution in [2.75, 3.05) is 0 Å². The predicted octanol–water partition coefficient (Wildman–Crippen LogP) is 21.5. The van der Waals surface area contributed by atoms with Gasteiger partial charge in [0.25, 0.3) is 0 Å². The molecule has 0 saturated heterocycles. The largest absolute Gasteiger partial charge is 0.309 e. The second-order valence-electron chi connectivity index (χ2n) is 23.4. The molecular formula is C83H54N6. The highest BCUT2D eigenvalue weighted by atomic mass is 15.2. The van der Waals surface area contributed by atoms with Crippen molar-refractivity contribution in [2.24, 2.45) is 0 Å². The first-order valence-corrected chi connectivity index (χ1v) is 30.5. The number of benzene rings is 13. The van der Waals surface area contributed by atoms with Gasteiger partial charge >= 0.3 is 0 Å². The molecule has 0 bridgehead atoms. The molecule has 0 aliphatic rings. The van der Waals surface area contributed by atoms with Crippen LogP contribution in [-0.2, 0) is 0 Å². The molecule has 0 fully saturated rings. The minimum Gasteiger partial charge on any atom is -0.309 e. The van der Waals surface area contributed by atoms with E-state index in [4.69, 9.17) is 9.97 Å². The van der Waals surface area contributed by atoms with E-state index in [0.29, 0.717) is 5.95 Å². The van der Waals surface area contributed by atoms with Crippen molar-refractivity contribution >= 4 is 87.2 Å². The third-order valence-corrected chi connectivity index (χ3v) is 18.3. The lowest BCUT2D eigenvalue weighted by Gasteiger charge is -2.14. The van der Waals surface area contributed by atoms with E-state index in [1.807, 2.05) is 0 Å². The Kier molecular flexibility index (Phi) is 11.4. The molecule has 89 heavy (non-hydrogen) atoms. The first kappa shape index (κ1) is 50.5. The van der Waals surface area contributed by atoms with E-state index in [-0.39, 0.29) is 0 Å². The van der Waals surface area contributed by atoms with Gasteiger partial charge in [-0.25, -0.2) is 9.97 Å². The van der Waals surface area contributed by atoms with Crippen molar-refractivity contribution in [3.8, 4) is 78.9 Å². The van der Waals surface area contributed by atoms with Crippen LogP contribution in [0.1, 0.15) is 5.56 Å². The molecule has 6 heteroatoms. The Morgan fingerprint density at radius 2 is 0.551 bits per heavy atom. The van der Waals surface area contributed by atoms with Crippen LogP contribution in [0.25, 0.3) is 166 Å². The van der Waals surface area contributed by atoms with Crippen molar-refractivity contribution < 1.29 is 0 Å². The van der Waals surface area contributed by atoms with Crippen molar-refractivity contribution in [1.82, 2.24) is 28.2 Å². The average molecular weight is 1140 g/mol. The lowest BCUT2D eigenvalue weighted by molar-refractivity contribution is 0.995. The minimum atomic E-state index is 0.602. The number of nitrogens with zero attached hydrogens (tertiary/aromatic N) is 6. The Labute approximate surface area is 513 Å². The van der Waals surface area contributed by atoms with Crippen LogP contribution in [0, 0.1) is 6.92 Å². The summed E-state index contributed by atoms with van der Waals surface area (Å²) in [4.78, 5) is 11.2. The summed E-state index contributed by atoms with van der Waals surface area (Å²) in [6.07, 6.45) is 0. The average Bonchev–Trinajstić information content (AvgIpc) is 1.69. The fourth-order valence-electron chi connectivity index (χ4n) is 14.2. The Bertz CT molecular complexity index is 5880. The molecule has 18 aromatic rings. The molecule has 0 aliphatic heterocycles. The summed E-state index contributed by atoms with van der Waals surface area (Å²) < 4.78 is 9.42. The molecule has 0 N–H and O–H groups in total. The van der Waals surface area contributed by atoms with Gasteiger partial charge in [-0.15, -0.1) is 0 Å². The van der Waals surface area contributed by atoms with Crippen molar-refractivity contribution in [3.63, 3.8) is 0 Å². The second kappa shape index (κ2) is 20.1. The van der Waals surface area contributed by atoms with E-state index in [1.54, 1.807) is 0 Å². The van der Waals surface area contributed by atoms with E-state index in [1.165, 1.54) is 76.6 Å². The standard InChI is InChI=1S/C83H54N6/c1-53-20-8-9-29-64(53)58-21-18-22-59(46-58)73-52-74(85-83(84-73)89-78-37-17-13-33-68(78)72-51-57(41-45-82(72)89)55-39-43-80-70(49-55)66-31-11-15-35-76(66)87(80)62-26-6-3-7-27-62)60-23-19-28-63(47-60)88-77-36-16-12-32-67(77)71-50-56(40-44-81(71)88)54-38-42-79-69(48-54)65-30-10-14-34-75(65)86(79)61-24-4-2-5-25-61/h2-52H,1H3. The maximum atomic E-state index is 5.63. The molecule has 0 aliphatic carbocycles. The van der Waals surface area contributed by atoms with Gasteiger partial charge in [0.1, 0.15) is 0 Å². The number of aryl methyl sites for hydroxylation is 1. The topological polar surface area (TPSA) is 45.5 Å². The summed E-state index contributed by atoms with van der Waals surface area (Å²) in [5.74, 6) is 0.602. The van der Waals surface area contributed by atoms with E-state index in [0.717, 1.165) is 89.1 Å². The zero-order valence-electron chi connectivity index (χ0n) is 48.6. The lowest BCUT2D eigenvalue weighted by Crippen LogP contribution is -2.04. The lowest BCUT2D eigenvalue weighted by atomic mass is 9.97. The quantitative estimate of drug-likeness (QED) is 0.145. The van der Waals surface area contributed by atoms with Crippen molar-refractivity contribution in [2.45, 2.75) is 6.92 Å². The molecule has 6 nitrogen and oxygen atoms in total. The summed E-state index contributed by atoms with van der Waals surface area (Å²) in [7, 11) is 0. The van der Waals surface area contributed by atoms with Crippen molar-refractivity contribution in [1.29, 1.82) is 0 Å². The SMILES string of the molecule is Cc1ccccc1-c1cccc(-c2cc(-c3cccc(-n4c5ccccc5c5cc(-c6ccc7c(c6)c6ccccc6n7-c6ccccc6)ccc54)c3)nc(-n3c4ccccc4c4cc(-c5ccc6c(c5)c5ccccc5n6-c5ccccc5)ccc43)n2)c1. The zero-order valence-corrected chi connectivity index (χ0v) is 48.6. The molecule has 0 unspecified atom stereocenters. The third kappa shape index (κ3) is 8.11. The Balaban J connectivity index is 0.781. The van der Waals surface area contributed by atoms with Crippen LogP contribution in [0.3, 0.4) is 0 Å². The van der Waals surface area contributed by atoms with Gasteiger partial charge in [0, 0.05) is 71.3 Å². The first-order valence-electron chi connectivity index (χ1n) is 30.5. The van der Waals surface area contributed by atoms with Crippen LogP contribution in [0.15, 0.2) is 309 Å². The molecule has 18 rings (SSSR count). The molecule has 13 aromatic carbocycles. The van der Waals surface area contributed by atoms with Crippen LogP contribution in [-0.4, -0.2) is 28.2 Å². The van der Waals surface area contributed by atoms with Crippen LogP contribution in [0.5, 0.6) is 0 Å². The summed E-state index contributed by atoms with van der Waals surface area (Å²) >= 11 is 0. The van der Waals surface area contributed by atoms with Gasteiger partial charge in [-0.05, 0) is 167 Å². The number of hydrogen-bond acceptors (Lipinski definition) is 2. The molecule has 416 valence electrons. The Hall–Kier alpha value is -11.9. The predicted molar refractivity (Wildman–Crippen MR) is 371 cm³/mol. The monoisotopic (exact) mass is 1130 g/mol. The van der Waals surface area contributed by atoms with Gasteiger partial charge in [0.05, 0.1) is 55.5 Å². The molecule has 5 aromatic heterocycles. The van der Waals surface area contributed by atoms with E-state index < -0.39 is 0 Å². The number of hydrogen-bond donors (Lipinski definition) is 0. The highest BCUT2D eigenvalue weighted by Crippen LogP contribution is 2.42. The second-order valence-corrected chi connectivity index (χ2v) is 23.4. The fourth-order valence-corrected chi connectivity index (χ4v) is 14.2. The van der Waals surface area contributed by atoms with E-state index in [2.05, 4.69) is 335 Å². The molecule has 0 radical (unpaired) electrons. The van der Waals surface area contributed by atoms with Gasteiger partial charge in [0.15, 0.2) is 0 Å². The Morgan fingerprint density at radius 3 is 1.01 bits per heavy atom. The third-order valence-electron chi connectivity index (χ3n) is 18.3. The normalized spacial score (nSPS) is 11.9. The summed E-state index contributed by atoms with van der Waals surface area (Å²) in [5, 5.41) is 9.58. The molecule has 0 atom stereocenters. The summed E-state index contributed by atoms with van der Waals surface area (Å²) in [6.45, 7) is 2.18.